The molecular formula is C26H24ClN5O3S. The molecule has 1 aromatic carbocycles. The first-order chi connectivity index (χ1) is 17.4. The van der Waals surface area contributed by atoms with Gasteiger partial charge in [0.1, 0.15) is 11.3 Å². The van der Waals surface area contributed by atoms with Crippen molar-refractivity contribution in [2.24, 2.45) is 0 Å². The highest BCUT2D eigenvalue weighted by molar-refractivity contribution is 7.90. The van der Waals surface area contributed by atoms with E-state index in [9.17, 15) is 13.2 Å². The molecule has 6 rings (SSSR count). The van der Waals surface area contributed by atoms with E-state index >= 15 is 0 Å². The molecule has 0 N–H and O–H groups in total. The van der Waals surface area contributed by atoms with Gasteiger partial charge in [0, 0.05) is 53.9 Å². The van der Waals surface area contributed by atoms with Crippen molar-refractivity contribution in [3.63, 3.8) is 0 Å². The average molecular weight is 522 g/mol. The Kier molecular flexibility index (Phi) is 5.86. The van der Waals surface area contributed by atoms with Crippen LogP contribution in [0.1, 0.15) is 31.7 Å². The molecule has 1 aliphatic heterocycles. The molecule has 0 bridgehead atoms. The smallest absolute Gasteiger partial charge is 0.262 e. The molecule has 0 radical (unpaired) electrons. The number of hydrogen-bond donors (Lipinski definition) is 0. The molecule has 0 amide bonds. The molecule has 1 aliphatic carbocycles. The average Bonchev–Trinajstić information content (AvgIpc) is 3.76. The number of piperidine rings is 1. The topological polar surface area (TPSA) is 98.1 Å². The van der Waals surface area contributed by atoms with Gasteiger partial charge in [0.25, 0.3) is 5.56 Å². The minimum absolute atomic E-state index is 0.166. The van der Waals surface area contributed by atoms with Crippen LogP contribution in [0.2, 0.25) is 5.02 Å². The Labute approximate surface area is 213 Å². The summed E-state index contributed by atoms with van der Waals surface area (Å²) in [5.74, 6) is 0.519. The summed E-state index contributed by atoms with van der Waals surface area (Å²) < 4.78 is 28.8. The SMILES string of the molecule is O=c1c2ccnc(-c3cccnc3)c2nc(-c2ccc(Cl)cc2)n1C1CCN(S(=O)(=O)C2CC2)CC1. The maximum Gasteiger partial charge on any atom is 0.262 e. The zero-order valence-electron chi connectivity index (χ0n) is 19.4. The van der Waals surface area contributed by atoms with E-state index in [4.69, 9.17) is 16.6 Å². The molecule has 2 aliphatic rings. The Morgan fingerprint density at radius 3 is 2.33 bits per heavy atom. The van der Waals surface area contributed by atoms with Crippen LogP contribution in [0.15, 0.2) is 65.8 Å². The number of aromatic nitrogens is 4. The summed E-state index contributed by atoms with van der Waals surface area (Å²) in [5, 5.41) is 0.821. The van der Waals surface area contributed by atoms with E-state index in [0.29, 0.717) is 53.4 Å². The predicted octanol–water partition coefficient (Wildman–Crippen LogP) is 4.30. The van der Waals surface area contributed by atoms with E-state index in [2.05, 4.69) is 9.97 Å². The first kappa shape index (κ1) is 23.3. The highest BCUT2D eigenvalue weighted by Crippen LogP contribution is 2.35. The summed E-state index contributed by atoms with van der Waals surface area (Å²) in [5.41, 5.74) is 2.46. The van der Waals surface area contributed by atoms with Crippen LogP contribution >= 0.6 is 11.6 Å². The zero-order chi connectivity index (χ0) is 24.9. The second-order valence-electron chi connectivity index (χ2n) is 9.29. The largest absolute Gasteiger partial charge is 0.289 e. The molecule has 10 heteroatoms. The number of halogens is 1. The first-order valence-electron chi connectivity index (χ1n) is 12.0. The minimum atomic E-state index is -3.24. The Hall–Kier alpha value is -3.14. The summed E-state index contributed by atoms with van der Waals surface area (Å²) in [7, 11) is -3.24. The van der Waals surface area contributed by atoms with Crippen LogP contribution in [0.4, 0.5) is 0 Å². The van der Waals surface area contributed by atoms with Gasteiger partial charge in [-0.1, -0.05) is 11.6 Å². The standard InChI is InChI=1S/C26H24ClN5O3S/c27-19-5-3-17(4-6-19)25-30-24-22(9-13-29-23(24)18-2-1-12-28-16-18)26(33)32(25)20-10-14-31(15-11-20)36(34,35)21-7-8-21/h1-6,9,12-13,16,20-21H,7-8,10-11,14-15H2. The summed E-state index contributed by atoms with van der Waals surface area (Å²) in [6, 6.07) is 12.5. The van der Waals surface area contributed by atoms with E-state index in [1.54, 1.807) is 45.7 Å². The number of sulfonamides is 1. The lowest BCUT2D eigenvalue weighted by Gasteiger charge is -2.33. The number of benzene rings is 1. The Balaban J connectivity index is 1.49. The molecule has 1 saturated heterocycles. The second-order valence-corrected chi connectivity index (χ2v) is 11.9. The van der Waals surface area contributed by atoms with Gasteiger partial charge in [-0.15, -0.1) is 0 Å². The van der Waals surface area contributed by atoms with Gasteiger partial charge in [0.15, 0.2) is 0 Å². The number of rotatable bonds is 5. The van der Waals surface area contributed by atoms with E-state index in [1.165, 1.54) is 0 Å². The molecule has 36 heavy (non-hydrogen) atoms. The second kappa shape index (κ2) is 9.06. The molecular weight excluding hydrogens is 498 g/mol. The molecule has 1 saturated carbocycles. The van der Waals surface area contributed by atoms with Crippen LogP contribution in [0, 0.1) is 0 Å². The molecule has 3 aromatic heterocycles. The molecule has 8 nitrogen and oxygen atoms in total. The first-order valence-corrected chi connectivity index (χ1v) is 13.9. The third-order valence-electron chi connectivity index (χ3n) is 6.95. The fourth-order valence-electron chi connectivity index (χ4n) is 4.91. The van der Waals surface area contributed by atoms with Gasteiger partial charge in [-0.25, -0.2) is 17.7 Å². The van der Waals surface area contributed by atoms with Gasteiger partial charge in [-0.2, -0.15) is 0 Å². The maximum atomic E-state index is 14.0. The lowest BCUT2D eigenvalue weighted by atomic mass is 10.0. The third-order valence-corrected chi connectivity index (χ3v) is 9.60. The number of hydrogen-bond acceptors (Lipinski definition) is 6. The monoisotopic (exact) mass is 521 g/mol. The van der Waals surface area contributed by atoms with Gasteiger partial charge in [-0.3, -0.25) is 19.3 Å². The summed E-state index contributed by atoms with van der Waals surface area (Å²) >= 11 is 6.14. The maximum absolute atomic E-state index is 14.0. The summed E-state index contributed by atoms with van der Waals surface area (Å²) in [4.78, 5) is 27.7. The van der Waals surface area contributed by atoms with Crippen molar-refractivity contribution >= 4 is 32.5 Å². The van der Waals surface area contributed by atoms with E-state index in [1.807, 2.05) is 24.3 Å². The van der Waals surface area contributed by atoms with Crippen molar-refractivity contribution in [1.29, 1.82) is 0 Å². The summed E-state index contributed by atoms with van der Waals surface area (Å²) in [6.07, 6.45) is 7.57. The zero-order valence-corrected chi connectivity index (χ0v) is 21.0. The predicted molar refractivity (Wildman–Crippen MR) is 139 cm³/mol. The van der Waals surface area contributed by atoms with Crippen LogP contribution in [-0.4, -0.2) is 50.6 Å². The van der Waals surface area contributed by atoms with Gasteiger partial charge >= 0.3 is 0 Å². The third kappa shape index (κ3) is 4.11. The normalized spacial score (nSPS) is 17.5. The Bertz CT molecular complexity index is 1590. The minimum Gasteiger partial charge on any atom is -0.289 e. The van der Waals surface area contributed by atoms with E-state index < -0.39 is 10.0 Å². The van der Waals surface area contributed by atoms with Crippen LogP contribution in [0.25, 0.3) is 33.5 Å². The molecule has 2 fully saturated rings. The van der Waals surface area contributed by atoms with Gasteiger partial charge in [0.05, 0.1) is 16.3 Å². The van der Waals surface area contributed by atoms with Crippen molar-refractivity contribution in [2.45, 2.75) is 37.0 Å². The van der Waals surface area contributed by atoms with Crippen molar-refractivity contribution in [2.75, 3.05) is 13.1 Å². The van der Waals surface area contributed by atoms with Crippen LogP contribution in [0.3, 0.4) is 0 Å². The molecule has 4 aromatic rings. The number of pyridine rings is 2. The van der Waals surface area contributed by atoms with Gasteiger partial charge < -0.3 is 0 Å². The van der Waals surface area contributed by atoms with Gasteiger partial charge in [-0.05, 0) is 68.1 Å². The van der Waals surface area contributed by atoms with Crippen LogP contribution in [-0.2, 0) is 10.0 Å². The lowest BCUT2D eigenvalue weighted by Crippen LogP contribution is -2.42. The Morgan fingerprint density at radius 1 is 0.917 bits per heavy atom. The highest BCUT2D eigenvalue weighted by atomic mass is 35.5. The molecule has 4 heterocycles. The fraction of sp³-hybridized carbons (Fsp3) is 0.308. The number of nitrogens with zero attached hydrogens (tertiary/aromatic N) is 5. The number of fused-ring (bicyclic) bond motifs is 1. The van der Waals surface area contributed by atoms with E-state index in [0.717, 1.165) is 24.0 Å². The lowest BCUT2D eigenvalue weighted by molar-refractivity contribution is 0.271. The van der Waals surface area contributed by atoms with Crippen molar-refractivity contribution in [3.8, 4) is 22.6 Å². The van der Waals surface area contributed by atoms with E-state index in [-0.39, 0.29) is 16.9 Å². The molecule has 184 valence electrons. The molecule has 0 atom stereocenters. The molecule has 0 spiro atoms. The van der Waals surface area contributed by atoms with Crippen molar-refractivity contribution in [1.82, 2.24) is 23.8 Å². The van der Waals surface area contributed by atoms with Crippen LogP contribution < -0.4 is 5.56 Å². The molecule has 0 unspecified atom stereocenters. The Morgan fingerprint density at radius 2 is 1.67 bits per heavy atom. The highest BCUT2D eigenvalue weighted by Gasteiger charge is 2.41. The van der Waals surface area contributed by atoms with Crippen LogP contribution in [0.5, 0.6) is 0 Å². The quantitative estimate of drug-likeness (QED) is 0.388. The van der Waals surface area contributed by atoms with Crippen molar-refractivity contribution in [3.05, 3.63) is 76.4 Å². The van der Waals surface area contributed by atoms with Crippen molar-refractivity contribution < 1.29 is 8.42 Å². The fourth-order valence-corrected chi connectivity index (χ4v) is 6.91. The van der Waals surface area contributed by atoms with Gasteiger partial charge in [0.2, 0.25) is 10.0 Å². The summed E-state index contributed by atoms with van der Waals surface area (Å²) in [6.45, 7) is 0.788.